The van der Waals surface area contributed by atoms with Crippen LogP contribution in [-0.2, 0) is 0 Å². The lowest BCUT2D eigenvalue weighted by Crippen LogP contribution is -2.36. The van der Waals surface area contributed by atoms with Crippen molar-refractivity contribution in [2.24, 2.45) is 5.92 Å². The summed E-state index contributed by atoms with van der Waals surface area (Å²) in [6.07, 6.45) is 3.00. The average Bonchev–Trinajstić information content (AvgIpc) is 2.80. The molecule has 4 N–H and O–H groups in total. The van der Waals surface area contributed by atoms with Gasteiger partial charge in [0.15, 0.2) is 5.82 Å². The third-order valence-electron chi connectivity index (χ3n) is 3.50. The lowest BCUT2D eigenvalue weighted by Gasteiger charge is -2.33. The first-order valence-electron chi connectivity index (χ1n) is 6.50. The molecule has 0 saturated carbocycles. The van der Waals surface area contributed by atoms with Gasteiger partial charge in [-0.05, 0) is 36.7 Å². The van der Waals surface area contributed by atoms with Crippen LogP contribution < -0.4 is 16.0 Å². The number of piperidine rings is 1. The molecule has 106 valence electrons. The van der Waals surface area contributed by atoms with Crippen LogP contribution in [-0.4, -0.2) is 42.1 Å². The molecule has 1 fully saturated rings. The van der Waals surface area contributed by atoms with E-state index in [1.165, 1.54) is 11.5 Å². The number of nitrogens with two attached hydrogens (primary N) is 1. The van der Waals surface area contributed by atoms with Gasteiger partial charge in [0, 0.05) is 26.7 Å². The van der Waals surface area contributed by atoms with E-state index in [0.717, 1.165) is 37.4 Å². The van der Waals surface area contributed by atoms with Crippen molar-refractivity contribution in [1.82, 2.24) is 9.69 Å². The number of aliphatic hydroxyl groups is 1. The second kappa shape index (κ2) is 6.21. The number of nitrogen functional groups attached to an aromatic ring is 1. The Hall–Kier alpha value is -1.34. The number of nitrogens with one attached hydrogen (secondary N) is 1. The topological polar surface area (TPSA) is 91.5 Å². The average molecular weight is 284 g/mol. The van der Waals surface area contributed by atoms with Crippen LogP contribution in [0.5, 0.6) is 0 Å². The van der Waals surface area contributed by atoms with E-state index in [2.05, 4.69) is 14.6 Å². The maximum absolute atomic E-state index is 11.9. The molecule has 1 amide bonds. The molecule has 2 heterocycles. The Balaban J connectivity index is 2.19. The van der Waals surface area contributed by atoms with Crippen molar-refractivity contribution in [3.05, 3.63) is 5.56 Å². The molecule has 2 rings (SSSR count). The van der Waals surface area contributed by atoms with Crippen molar-refractivity contribution in [2.75, 3.05) is 37.4 Å². The third-order valence-corrected chi connectivity index (χ3v) is 4.42. The number of hydrogen-bond acceptors (Lipinski definition) is 6. The summed E-state index contributed by atoms with van der Waals surface area (Å²) < 4.78 is 4.10. The predicted molar refractivity (Wildman–Crippen MR) is 76.6 cm³/mol. The van der Waals surface area contributed by atoms with Gasteiger partial charge >= 0.3 is 0 Å². The molecule has 1 atom stereocenters. The highest BCUT2D eigenvalue weighted by atomic mass is 32.1. The molecule has 6 nitrogen and oxygen atoms in total. The highest BCUT2D eigenvalue weighted by Crippen LogP contribution is 2.34. The minimum atomic E-state index is -0.189. The van der Waals surface area contributed by atoms with Crippen LogP contribution in [0.25, 0.3) is 0 Å². The number of amides is 1. The Labute approximate surface area is 116 Å². The number of anilines is 2. The highest BCUT2D eigenvalue weighted by Gasteiger charge is 2.27. The molecule has 0 radical (unpaired) electrons. The van der Waals surface area contributed by atoms with Gasteiger partial charge in [0.1, 0.15) is 10.6 Å². The molecule has 1 aliphatic heterocycles. The predicted octanol–water partition coefficient (Wildman–Crippen LogP) is 0.684. The molecule has 1 aromatic heterocycles. The van der Waals surface area contributed by atoms with E-state index in [1.807, 2.05) is 0 Å². The van der Waals surface area contributed by atoms with Gasteiger partial charge in [-0.2, -0.15) is 4.37 Å². The number of aliphatic hydroxyl groups excluding tert-OH is 1. The van der Waals surface area contributed by atoms with E-state index in [9.17, 15) is 4.79 Å². The van der Waals surface area contributed by atoms with Gasteiger partial charge in [0.2, 0.25) is 0 Å². The molecule has 0 aliphatic carbocycles. The Kier molecular flexibility index (Phi) is 4.60. The van der Waals surface area contributed by atoms with Crippen LogP contribution in [0, 0.1) is 5.92 Å². The molecule has 0 spiro atoms. The molecular formula is C12H20N4O2S. The first-order valence-corrected chi connectivity index (χ1v) is 7.27. The largest absolute Gasteiger partial charge is 0.396 e. The second-order valence-electron chi connectivity index (χ2n) is 4.79. The molecule has 1 aromatic rings. The van der Waals surface area contributed by atoms with E-state index < -0.39 is 0 Å². The van der Waals surface area contributed by atoms with Crippen LogP contribution in [0.1, 0.15) is 29.6 Å². The van der Waals surface area contributed by atoms with E-state index in [-0.39, 0.29) is 12.5 Å². The molecule has 1 unspecified atom stereocenters. The van der Waals surface area contributed by atoms with E-state index >= 15 is 0 Å². The Bertz CT molecular complexity index is 447. The van der Waals surface area contributed by atoms with Crippen molar-refractivity contribution >= 4 is 28.3 Å². The summed E-state index contributed by atoms with van der Waals surface area (Å²) in [5.74, 6) is 0.578. The van der Waals surface area contributed by atoms with Gasteiger partial charge in [-0.15, -0.1) is 0 Å². The van der Waals surface area contributed by atoms with Crippen molar-refractivity contribution in [2.45, 2.75) is 19.3 Å². The lowest BCUT2D eigenvalue weighted by molar-refractivity contribution is 0.0964. The smallest absolute Gasteiger partial charge is 0.257 e. The van der Waals surface area contributed by atoms with E-state index in [4.69, 9.17) is 10.8 Å². The summed E-state index contributed by atoms with van der Waals surface area (Å²) in [6, 6.07) is 0. The van der Waals surface area contributed by atoms with Crippen LogP contribution in [0.4, 0.5) is 10.8 Å². The van der Waals surface area contributed by atoms with Gasteiger partial charge in [-0.3, -0.25) is 4.79 Å². The second-order valence-corrected chi connectivity index (χ2v) is 5.55. The van der Waals surface area contributed by atoms with Crippen molar-refractivity contribution in [3.63, 3.8) is 0 Å². The summed E-state index contributed by atoms with van der Waals surface area (Å²) in [5, 5.41) is 12.5. The minimum absolute atomic E-state index is 0.189. The van der Waals surface area contributed by atoms with Crippen molar-refractivity contribution in [3.8, 4) is 0 Å². The van der Waals surface area contributed by atoms with Crippen LogP contribution in [0.15, 0.2) is 0 Å². The molecule has 1 aliphatic rings. The number of rotatable bonds is 4. The SMILES string of the molecule is CNC(=O)c1c(N)nsc1N1CCCC(CCO)C1. The monoisotopic (exact) mass is 284 g/mol. The summed E-state index contributed by atoms with van der Waals surface area (Å²) in [4.78, 5) is 14.0. The summed E-state index contributed by atoms with van der Waals surface area (Å²) >= 11 is 1.27. The van der Waals surface area contributed by atoms with E-state index in [1.54, 1.807) is 7.05 Å². The van der Waals surface area contributed by atoms with Crippen LogP contribution >= 0.6 is 11.5 Å². The first kappa shape index (κ1) is 14.1. The lowest BCUT2D eigenvalue weighted by atomic mass is 9.95. The zero-order valence-electron chi connectivity index (χ0n) is 11.1. The summed E-state index contributed by atoms with van der Waals surface area (Å²) in [5.41, 5.74) is 6.27. The zero-order valence-corrected chi connectivity index (χ0v) is 11.9. The fourth-order valence-electron chi connectivity index (χ4n) is 2.52. The normalized spacial score (nSPS) is 19.5. The van der Waals surface area contributed by atoms with Crippen LogP contribution in [0.3, 0.4) is 0 Å². The minimum Gasteiger partial charge on any atom is -0.396 e. The Morgan fingerprint density at radius 2 is 2.47 bits per heavy atom. The maximum Gasteiger partial charge on any atom is 0.257 e. The van der Waals surface area contributed by atoms with Crippen LogP contribution in [0.2, 0.25) is 0 Å². The molecule has 19 heavy (non-hydrogen) atoms. The number of hydrogen-bond donors (Lipinski definition) is 3. The first-order chi connectivity index (χ1) is 9.17. The Morgan fingerprint density at radius 1 is 1.68 bits per heavy atom. The quantitative estimate of drug-likeness (QED) is 0.756. The Morgan fingerprint density at radius 3 is 3.16 bits per heavy atom. The van der Waals surface area contributed by atoms with Gasteiger partial charge in [-0.1, -0.05) is 0 Å². The molecule has 1 saturated heterocycles. The zero-order chi connectivity index (χ0) is 13.8. The standard InChI is InChI=1S/C12H20N4O2S/c1-14-11(18)9-10(13)15-19-12(9)16-5-2-3-8(7-16)4-6-17/h8,17H,2-7H2,1H3,(H2,13,15)(H,14,18). The highest BCUT2D eigenvalue weighted by molar-refractivity contribution is 7.11. The van der Waals surface area contributed by atoms with Gasteiger partial charge in [0.05, 0.1) is 0 Å². The summed E-state index contributed by atoms with van der Waals surface area (Å²) in [7, 11) is 1.59. The van der Waals surface area contributed by atoms with Crippen molar-refractivity contribution < 1.29 is 9.90 Å². The van der Waals surface area contributed by atoms with Crippen molar-refractivity contribution in [1.29, 1.82) is 0 Å². The third kappa shape index (κ3) is 2.98. The molecule has 0 aromatic carbocycles. The fourth-order valence-corrected chi connectivity index (χ4v) is 3.36. The fraction of sp³-hybridized carbons (Fsp3) is 0.667. The summed E-state index contributed by atoms with van der Waals surface area (Å²) in [6.45, 7) is 1.98. The number of carbonyl (C=O) groups is 1. The van der Waals surface area contributed by atoms with Gasteiger partial charge < -0.3 is 21.1 Å². The van der Waals surface area contributed by atoms with Gasteiger partial charge in [-0.25, -0.2) is 0 Å². The molecule has 0 bridgehead atoms. The molecular weight excluding hydrogens is 264 g/mol. The number of nitrogens with zero attached hydrogens (tertiary/aromatic N) is 2. The number of aromatic nitrogens is 1. The number of carbonyl (C=O) groups excluding carboxylic acids is 1. The maximum atomic E-state index is 11.9. The van der Waals surface area contributed by atoms with Gasteiger partial charge in [0.25, 0.3) is 5.91 Å². The van der Waals surface area contributed by atoms with E-state index in [0.29, 0.717) is 17.3 Å². The molecule has 7 heteroatoms.